The van der Waals surface area contributed by atoms with E-state index in [-0.39, 0.29) is 49.2 Å². The second-order valence-electron chi connectivity index (χ2n) is 13.1. The molecule has 1 amide bonds. The third-order valence-electron chi connectivity index (χ3n) is 8.31. The summed E-state index contributed by atoms with van der Waals surface area (Å²) in [7, 11) is 0.499. The fraction of sp³-hybridized carbons (Fsp3) is 0.556. The first kappa shape index (κ1) is 38.6. The van der Waals surface area contributed by atoms with Crippen molar-refractivity contribution < 1.29 is 28.2 Å². The van der Waals surface area contributed by atoms with Crippen molar-refractivity contribution in [2.24, 2.45) is 5.92 Å². The summed E-state index contributed by atoms with van der Waals surface area (Å²) in [6.45, 7) is 13.5. The number of thiocarbonyl (C=S) groups is 1. The Morgan fingerprint density at radius 2 is 1.43 bits per heavy atom. The van der Waals surface area contributed by atoms with Crippen LogP contribution in [0.4, 0.5) is 0 Å². The zero-order valence-electron chi connectivity index (χ0n) is 28.8. The zero-order chi connectivity index (χ0) is 33.7. The molecule has 0 aromatic heterocycles. The van der Waals surface area contributed by atoms with Crippen LogP contribution < -0.4 is 10.4 Å². The summed E-state index contributed by atoms with van der Waals surface area (Å²) >= 11 is 7.09. The molecule has 0 aliphatic carbocycles. The summed E-state index contributed by atoms with van der Waals surface area (Å²) < 4.78 is 30.4. The number of carbonyl (C=O) groups is 1. The van der Waals surface area contributed by atoms with E-state index in [0.717, 1.165) is 12.2 Å². The van der Waals surface area contributed by atoms with Crippen molar-refractivity contribution in [3.8, 4) is 0 Å². The number of amides is 1. The van der Waals surface area contributed by atoms with E-state index in [1.54, 1.807) is 30.9 Å². The van der Waals surface area contributed by atoms with Gasteiger partial charge in [-0.05, 0) is 41.1 Å². The SMILES string of the molecule is COCO[C@H](/C=C/[C@@H](CC(=O)N1C(=S)SC[C@@H]1C(C)C)OCOC)CC[C@@H](C)O[Si](c1ccccc1)(c1ccccc1)C(C)(C)C. The Bertz CT molecular complexity index is 1200. The lowest BCUT2D eigenvalue weighted by atomic mass is 10.0. The van der Waals surface area contributed by atoms with E-state index in [9.17, 15) is 4.79 Å². The van der Waals surface area contributed by atoms with Gasteiger partial charge in [-0.1, -0.05) is 131 Å². The fourth-order valence-corrected chi connectivity index (χ4v) is 12.3. The first-order valence-electron chi connectivity index (χ1n) is 16.1. The molecule has 254 valence electrons. The van der Waals surface area contributed by atoms with Crippen LogP contribution in [0.2, 0.25) is 5.04 Å². The summed E-state index contributed by atoms with van der Waals surface area (Å²) in [5.74, 6) is 1.09. The Morgan fingerprint density at radius 3 is 1.93 bits per heavy atom. The number of rotatable bonds is 18. The normalized spacial score (nSPS) is 18.0. The van der Waals surface area contributed by atoms with Crippen LogP contribution in [-0.4, -0.2) is 81.4 Å². The second-order valence-corrected chi connectivity index (χ2v) is 19.0. The molecule has 3 rings (SSSR count). The van der Waals surface area contributed by atoms with Gasteiger partial charge in [-0.2, -0.15) is 0 Å². The minimum absolute atomic E-state index is 0.0406. The third kappa shape index (κ3) is 10.3. The van der Waals surface area contributed by atoms with Crippen LogP contribution in [0.3, 0.4) is 0 Å². The minimum atomic E-state index is -2.68. The van der Waals surface area contributed by atoms with Gasteiger partial charge in [0.2, 0.25) is 5.91 Å². The molecule has 1 fully saturated rings. The average molecular weight is 688 g/mol. The Labute approximate surface area is 287 Å². The number of thioether (sulfide) groups is 1. The van der Waals surface area contributed by atoms with Crippen LogP contribution in [0.1, 0.15) is 60.8 Å². The van der Waals surface area contributed by atoms with Crippen molar-refractivity contribution in [1.82, 2.24) is 4.90 Å². The molecule has 46 heavy (non-hydrogen) atoms. The molecule has 1 aliphatic rings. The number of methoxy groups -OCH3 is 2. The molecule has 4 atom stereocenters. The topological polar surface area (TPSA) is 66.5 Å². The second kappa shape index (κ2) is 18.6. The Kier molecular flexibility index (Phi) is 15.6. The zero-order valence-corrected chi connectivity index (χ0v) is 31.4. The molecule has 0 radical (unpaired) electrons. The first-order chi connectivity index (χ1) is 21.9. The Morgan fingerprint density at radius 1 is 0.913 bits per heavy atom. The van der Waals surface area contributed by atoms with E-state index in [4.69, 9.17) is 35.6 Å². The number of hydrogen-bond acceptors (Lipinski definition) is 8. The summed E-state index contributed by atoms with van der Waals surface area (Å²) in [4.78, 5) is 15.2. The van der Waals surface area contributed by atoms with Crippen LogP contribution >= 0.6 is 24.0 Å². The molecule has 1 saturated heterocycles. The van der Waals surface area contributed by atoms with E-state index < -0.39 is 14.4 Å². The maximum absolute atomic E-state index is 13.4. The summed E-state index contributed by atoms with van der Waals surface area (Å²) in [6, 6.07) is 21.5. The predicted molar refractivity (Wildman–Crippen MR) is 195 cm³/mol. The molecule has 7 nitrogen and oxygen atoms in total. The van der Waals surface area contributed by atoms with Gasteiger partial charge in [-0.3, -0.25) is 9.69 Å². The maximum Gasteiger partial charge on any atom is 0.261 e. The molecule has 1 aliphatic heterocycles. The highest BCUT2D eigenvalue weighted by molar-refractivity contribution is 8.23. The van der Waals surface area contributed by atoms with Gasteiger partial charge in [-0.15, -0.1) is 0 Å². The molecular weight excluding hydrogens is 635 g/mol. The van der Waals surface area contributed by atoms with Crippen molar-refractivity contribution in [2.75, 3.05) is 33.6 Å². The van der Waals surface area contributed by atoms with Gasteiger partial charge in [0, 0.05) is 32.1 Å². The van der Waals surface area contributed by atoms with Gasteiger partial charge in [0.25, 0.3) is 8.32 Å². The minimum Gasteiger partial charge on any atom is -0.405 e. The van der Waals surface area contributed by atoms with E-state index in [1.807, 2.05) is 12.2 Å². The van der Waals surface area contributed by atoms with Gasteiger partial charge in [0.1, 0.15) is 17.9 Å². The van der Waals surface area contributed by atoms with Crippen molar-refractivity contribution in [1.29, 1.82) is 0 Å². The van der Waals surface area contributed by atoms with Gasteiger partial charge < -0.3 is 23.4 Å². The van der Waals surface area contributed by atoms with Crippen molar-refractivity contribution in [2.45, 2.75) is 90.2 Å². The lowest BCUT2D eigenvalue weighted by Crippen LogP contribution is -2.67. The number of hydrogen-bond donors (Lipinski definition) is 0. The highest BCUT2D eigenvalue weighted by atomic mass is 32.2. The largest absolute Gasteiger partial charge is 0.405 e. The highest BCUT2D eigenvalue weighted by Gasteiger charge is 2.51. The molecule has 1 heterocycles. The monoisotopic (exact) mass is 687 g/mol. The number of carbonyl (C=O) groups excluding carboxylic acids is 1. The van der Waals surface area contributed by atoms with Gasteiger partial charge in [0.15, 0.2) is 0 Å². The van der Waals surface area contributed by atoms with Crippen molar-refractivity contribution >= 4 is 52.9 Å². The number of ether oxygens (including phenoxy) is 4. The lowest BCUT2D eigenvalue weighted by molar-refractivity contribution is -0.133. The molecule has 0 N–H and O–H groups in total. The van der Waals surface area contributed by atoms with Crippen LogP contribution in [0, 0.1) is 5.92 Å². The quantitative estimate of drug-likeness (QED) is 0.0758. The molecule has 0 saturated carbocycles. The standard InChI is InChI=1S/C36H53NO6S2Si/c1-27(2)33-24-45-35(44)37(33)34(38)23-30(42-26-40-8)22-21-29(41-25-39-7)20-19-28(3)43-46(36(4,5)6,31-15-11-9-12-16-31)32-17-13-10-14-18-32/h9-18,21-22,27-30,33H,19-20,23-26H2,1-8H3/b22-21+/t28-,29+,30+,33-/m1/s1. The van der Waals surface area contributed by atoms with Crippen LogP contribution in [-0.2, 0) is 28.2 Å². The maximum atomic E-state index is 13.4. The third-order valence-corrected chi connectivity index (χ3v) is 15.0. The van der Waals surface area contributed by atoms with Crippen LogP contribution in [0.25, 0.3) is 0 Å². The Balaban J connectivity index is 1.78. The first-order valence-corrected chi connectivity index (χ1v) is 19.4. The van der Waals surface area contributed by atoms with Gasteiger partial charge in [-0.25, -0.2) is 0 Å². The van der Waals surface area contributed by atoms with Crippen LogP contribution in [0.15, 0.2) is 72.8 Å². The predicted octanol–water partition coefficient (Wildman–Crippen LogP) is 6.54. The van der Waals surface area contributed by atoms with Crippen molar-refractivity contribution in [3.63, 3.8) is 0 Å². The molecule has 0 unspecified atom stereocenters. The smallest absolute Gasteiger partial charge is 0.261 e. The summed E-state index contributed by atoms with van der Waals surface area (Å²) in [6.07, 6.45) is 4.70. The van der Waals surface area contributed by atoms with Gasteiger partial charge in [0.05, 0.1) is 18.6 Å². The number of nitrogens with zero attached hydrogens (tertiary/aromatic N) is 1. The van der Waals surface area contributed by atoms with Gasteiger partial charge >= 0.3 is 0 Å². The highest BCUT2D eigenvalue weighted by Crippen LogP contribution is 2.38. The Hall–Kier alpha value is -1.89. The average Bonchev–Trinajstić information content (AvgIpc) is 3.43. The van der Waals surface area contributed by atoms with Crippen molar-refractivity contribution in [3.05, 3.63) is 72.8 Å². The van der Waals surface area contributed by atoms with E-state index in [1.165, 1.54) is 10.4 Å². The molecule has 0 spiro atoms. The fourth-order valence-electron chi connectivity index (χ4n) is 5.91. The molecule has 2 aromatic rings. The van der Waals surface area contributed by atoms with E-state index in [2.05, 4.69) is 102 Å². The summed E-state index contributed by atoms with van der Waals surface area (Å²) in [5, 5.41) is 2.40. The molecule has 0 bridgehead atoms. The van der Waals surface area contributed by atoms with E-state index in [0.29, 0.717) is 16.7 Å². The molecule has 2 aromatic carbocycles. The summed E-state index contributed by atoms with van der Waals surface area (Å²) in [5.41, 5.74) is 0. The molecular formula is C36H53NO6S2Si. The number of benzene rings is 2. The molecule has 10 heteroatoms. The van der Waals surface area contributed by atoms with E-state index >= 15 is 0 Å². The van der Waals surface area contributed by atoms with Crippen LogP contribution in [0.5, 0.6) is 0 Å². The lowest BCUT2D eigenvalue weighted by Gasteiger charge is -2.44.